The molecule has 1 aliphatic heterocycles. The van der Waals surface area contributed by atoms with Crippen LogP contribution in [0.3, 0.4) is 0 Å². The van der Waals surface area contributed by atoms with Crippen LogP contribution in [0.4, 0.5) is 0 Å². The molecule has 1 atom stereocenters. The first-order chi connectivity index (χ1) is 8.04. The van der Waals surface area contributed by atoms with Gasteiger partial charge in [0, 0.05) is 43.5 Å². The number of hydrogen-bond acceptors (Lipinski definition) is 3. The molecule has 0 bridgehead atoms. The zero-order valence-corrected chi connectivity index (χ0v) is 11.4. The summed E-state index contributed by atoms with van der Waals surface area (Å²) in [6, 6.07) is 0.477. The lowest BCUT2D eigenvalue weighted by Gasteiger charge is -2.41. The molecule has 0 spiro atoms. The van der Waals surface area contributed by atoms with E-state index in [1.54, 1.807) is 0 Å². The molecule has 17 heavy (non-hydrogen) atoms. The fourth-order valence-corrected chi connectivity index (χ4v) is 2.52. The van der Waals surface area contributed by atoms with Crippen LogP contribution in [-0.2, 0) is 7.05 Å². The second-order valence-electron chi connectivity index (χ2n) is 5.47. The Morgan fingerprint density at radius 3 is 2.53 bits per heavy atom. The van der Waals surface area contributed by atoms with Crippen molar-refractivity contribution in [2.75, 3.05) is 20.1 Å². The molecule has 1 saturated heterocycles. The van der Waals surface area contributed by atoms with Crippen LogP contribution < -0.4 is 5.32 Å². The van der Waals surface area contributed by atoms with Crippen LogP contribution in [0.5, 0.6) is 0 Å². The van der Waals surface area contributed by atoms with Crippen LogP contribution in [0.15, 0.2) is 12.4 Å². The largest absolute Gasteiger partial charge is 0.314 e. The van der Waals surface area contributed by atoms with E-state index in [0.717, 1.165) is 13.1 Å². The van der Waals surface area contributed by atoms with Crippen LogP contribution in [0, 0.1) is 0 Å². The van der Waals surface area contributed by atoms with Gasteiger partial charge in [-0.15, -0.1) is 0 Å². The fourth-order valence-electron chi connectivity index (χ4n) is 2.52. The van der Waals surface area contributed by atoms with Gasteiger partial charge in [0.1, 0.15) is 0 Å². The van der Waals surface area contributed by atoms with E-state index in [4.69, 9.17) is 0 Å². The van der Waals surface area contributed by atoms with Gasteiger partial charge in [-0.2, -0.15) is 5.10 Å². The van der Waals surface area contributed by atoms with Crippen LogP contribution in [0.2, 0.25) is 0 Å². The summed E-state index contributed by atoms with van der Waals surface area (Å²) < 4.78 is 1.88. The minimum absolute atomic E-state index is 0.325. The van der Waals surface area contributed by atoms with Crippen LogP contribution in [0.1, 0.15) is 38.3 Å². The van der Waals surface area contributed by atoms with E-state index < -0.39 is 0 Å². The van der Waals surface area contributed by atoms with Gasteiger partial charge in [-0.3, -0.25) is 9.58 Å². The molecule has 0 aliphatic carbocycles. The normalized spacial score (nSPS) is 22.6. The average molecular weight is 236 g/mol. The highest BCUT2D eigenvalue weighted by molar-refractivity contribution is 5.10. The van der Waals surface area contributed by atoms with Crippen molar-refractivity contribution in [3.05, 3.63) is 18.0 Å². The fraction of sp³-hybridized carbons (Fsp3) is 0.769. The van der Waals surface area contributed by atoms with Gasteiger partial charge in [-0.25, -0.2) is 0 Å². The number of nitrogens with zero attached hydrogens (tertiary/aromatic N) is 3. The third-order valence-electron chi connectivity index (χ3n) is 4.26. The first-order valence-electron chi connectivity index (χ1n) is 6.45. The predicted octanol–water partition coefficient (Wildman–Crippen LogP) is 1.55. The standard InChI is InChI=1S/C13H24N4/c1-11(12-9-15-16(4)10-12)17-7-5-13(2,14-3)6-8-17/h9-11,14H,5-8H2,1-4H3. The highest BCUT2D eigenvalue weighted by Gasteiger charge is 2.30. The average Bonchev–Trinajstić information content (AvgIpc) is 2.76. The number of rotatable bonds is 3. The van der Waals surface area contributed by atoms with Crippen molar-refractivity contribution >= 4 is 0 Å². The SMILES string of the molecule is CNC1(C)CCN(C(C)c2cnn(C)c2)CC1. The van der Waals surface area contributed by atoms with Gasteiger partial charge in [0.15, 0.2) is 0 Å². The minimum atomic E-state index is 0.325. The smallest absolute Gasteiger partial charge is 0.0537 e. The van der Waals surface area contributed by atoms with Gasteiger partial charge < -0.3 is 5.32 Å². The lowest BCUT2D eigenvalue weighted by Crippen LogP contribution is -2.50. The maximum Gasteiger partial charge on any atom is 0.0537 e. The van der Waals surface area contributed by atoms with Crippen LogP contribution in [0.25, 0.3) is 0 Å². The summed E-state index contributed by atoms with van der Waals surface area (Å²) >= 11 is 0. The second kappa shape index (κ2) is 4.78. The van der Waals surface area contributed by atoms with Gasteiger partial charge in [0.05, 0.1) is 6.20 Å². The van der Waals surface area contributed by atoms with Gasteiger partial charge in [-0.05, 0) is 33.7 Å². The molecule has 1 unspecified atom stereocenters. The van der Waals surface area contributed by atoms with Crippen LogP contribution >= 0.6 is 0 Å². The lowest BCUT2D eigenvalue weighted by atomic mass is 9.89. The summed E-state index contributed by atoms with van der Waals surface area (Å²) in [5.74, 6) is 0. The third kappa shape index (κ3) is 2.69. The molecule has 4 heteroatoms. The summed E-state index contributed by atoms with van der Waals surface area (Å²) in [5, 5.41) is 7.70. The Hall–Kier alpha value is -0.870. The maximum atomic E-state index is 4.25. The molecule has 2 rings (SSSR count). The Balaban J connectivity index is 1.97. The van der Waals surface area contributed by atoms with Gasteiger partial charge in [-0.1, -0.05) is 0 Å². The van der Waals surface area contributed by atoms with Crippen molar-refractivity contribution in [2.24, 2.45) is 7.05 Å². The molecule has 0 amide bonds. The molecule has 0 saturated carbocycles. The molecular weight excluding hydrogens is 212 g/mol. The molecule has 4 nitrogen and oxygen atoms in total. The summed E-state index contributed by atoms with van der Waals surface area (Å²) in [5.41, 5.74) is 1.64. The number of piperidine rings is 1. The first kappa shape index (κ1) is 12.6. The molecule has 2 heterocycles. The van der Waals surface area contributed by atoms with Gasteiger partial charge in [0.2, 0.25) is 0 Å². The van der Waals surface area contributed by atoms with Crippen molar-refractivity contribution in [3.63, 3.8) is 0 Å². The van der Waals surface area contributed by atoms with Gasteiger partial charge in [0.25, 0.3) is 0 Å². The second-order valence-corrected chi connectivity index (χ2v) is 5.47. The molecule has 1 fully saturated rings. The van der Waals surface area contributed by atoms with Gasteiger partial charge >= 0.3 is 0 Å². The number of likely N-dealkylation sites (tertiary alicyclic amines) is 1. The Bertz CT molecular complexity index is 363. The summed E-state index contributed by atoms with van der Waals surface area (Å²) in [6.45, 7) is 6.92. The monoisotopic (exact) mass is 236 g/mol. The van der Waals surface area contributed by atoms with E-state index in [9.17, 15) is 0 Å². The van der Waals surface area contributed by atoms with Crippen LogP contribution in [-0.4, -0.2) is 40.4 Å². The molecule has 1 aliphatic rings. The van der Waals surface area contributed by atoms with E-state index in [1.165, 1.54) is 18.4 Å². The molecule has 0 radical (unpaired) electrons. The highest BCUT2D eigenvalue weighted by Crippen LogP contribution is 2.28. The van der Waals surface area contributed by atoms with E-state index >= 15 is 0 Å². The number of aryl methyl sites for hydroxylation is 1. The Labute approximate surface area is 104 Å². The molecule has 0 aromatic carbocycles. The zero-order valence-electron chi connectivity index (χ0n) is 11.4. The Kier molecular flexibility index (Phi) is 3.54. The van der Waals surface area contributed by atoms with Crippen molar-refractivity contribution in [2.45, 2.75) is 38.3 Å². The van der Waals surface area contributed by atoms with Crippen molar-refractivity contribution < 1.29 is 0 Å². The van der Waals surface area contributed by atoms with Crippen molar-refractivity contribution in [1.29, 1.82) is 0 Å². The van der Waals surface area contributed by atoms with Crippen molar-refractivity contribution in [1.82, 2.24) is 20.0 Å². The highest BCUT2D eigenvalue weighted by atomic mass is 15.3. The Morgan fingerprint density at radius 1 is 1.41 bits per heavy atom. The molecular formula is C13H24N4. The third-order valence-corrected chi connectivity index (χ3v) is 4.26. The van der Waals surface area contributed by atoms with E-state index in [0.29, 0.717) is 11.6 Å². The predicted molar refractivity (Wildman–Crippen MR) is 69.9 cm³/mol. The first-order valence-corrected chi connectivity index (χ1v) is 6.45. The zero-order chi connectivity index (χ0) is 12.5. The maximum absolute atomic E-state index is 4.25. The topological polar surface area (TPSA) is 33.1 Å². The van der Waals surface area contributed by atoms with E-state index in [1.807, 2.05) is 17.9 Å². The van der Waals surface area contributed by atoms with E-state index in [-0.39, 0.29) is 0 Å². The quantitative estimate of drug-likeness (QED) is 0.864. The molecule has 1 N–H and O–H groups in total. The number of aromatic nitrogens is 2. The summed E-state index contributed by atoms with van der Waals surface area (Å²) in [7, 11) is 4.05. The summed E-state index contributed by atoms with van der Waals surface area (Å²) in [6.07, 6.45) is 6.54. The van der Waals surface area contributed by atoms with Crippen molar-refractivity contribution in [3.8, 4) is 0 Å². The molecule has 96 valence electrons. The number of hydrogen-bond donors (Lipinski definition) is 1. The lowest BCUT2D eigenvalue weighted by molar-refractivity contribution is 0.117. The van der Waals surface area contributed by atoms with E-state index in [2.05, 4.69) is 42.4 Å². The Morgan fingerprint density at radius 2 is 2.06 bits per heavy atom. The molecule has 1 aromatic heterocycles. The molecule has 1 aromatic rings. The minimum Gasteiger partial charge on any atom is -0.314 e. The summed E-state index contributed by atoms with van der Waals surface area (Å²) in [4.78, 5) is 2.55. The number of nitrogens with one attached hydrogen (secondary N) is 1.